The first-order chi connectivity index (χ1) is 17.8. The Morgan fingerprint density at radius 2 is 0.861 bits per heavy atom. The van der Waals surface area contributed by atoms with Gasteiger partial charge in [-0.05, 0) is 58.1 Å². The van der Waals surface area contributed by atoms with Gasteiger partial charge in [0.05, 0.1) is 11.4 Å². The molecule has 0 unspecified atom stereocenters. The van der Waals surface area contributed by atoms with Gasteiger partial charge in [0.15, 0.2) is 0 Å². The van der Waals surface area contributed by atoms with Crippen molar-refractivity contribution in [2.24, 2.45) is 0 Å². The van der Waals surface area contributed by atoms with Gasteiger partial charge >= 0.3 is 0 Å². The van der Waals surface area contributed by atoms with E-state index in [1.54, 1.807) is 0 Å². The van der Waals surface area contributed by atoms with Crippen LogP contribution in [-0.4, -0.2) is 20.2 Å². The third-order valence-corrected chi connectivity index (χ3v) is 6.12. The maximum absolute atomic E-state index is 4.69. The third-order valence-electron chi connectivity index (χ3n) is 6.12. The molecule has 3 heterocycles. The first-order valence-corrected chi connectivity index (χ1v) is 11.8. The van der Waals surface area contributed by atoms with Gasteiger partial charge in [-0.2, -0.15) is 0 Å². The normalized spacial score (nSPS) is 10.8. The summed E-state index contributed by atoms with van der Waals surface area (Å²) >= 11 is 0. The summed E-state index contributed by atoms with van der Waals surface area (Å²) in [5.74, 6) is 0. The average Bonchev–Trinajstić information content (AvgIpc) is 2.98. The van der Waals surface area contributed by atoms with Crippen molar-refractivity contribution in [3.8, 4) is 56.2 Å². The molecule has 0 atom stereocenters. The topological polar surface area (TPSA) is 51.6 Å². The number of rotatable bonds is 5. The monoisotopic (exact) mass is 462 g/mol. The van der Waals surface area contributed by atoms with Gasteiger partial charge in [0, 0.05) is 18.0 Å². The zero-order chi connectivity index (χ0) is 24.2. The quantitative estimate of drug-likeness (QED) is 0.265. The van der Waals surface area contributed by atoms with Gasteiger partial charge in [-0.15, -0.1) is 10.2 Å². The fourth-order valence-electron chi connectivity index (χ4n) is 4.29. The summed E-state index contributed by atoms with van der Waals surface area (Å²) < 4.78 is 0. The van der Waals surface area contributed by atoms with E-state index < -0.39 is 0 Å². The van der Waals surface area contributed by atoms with E-state index in [0.29, 0.717) is 0 Å². The lowest BCUT2D eigenvalue weighted by molar-refractivity contribution is 1.03. The predicted octanol–water partition coefficient (Wildman–Crippen LogP) is 7.60. The summed E-state index contributed by atoms with van der Waals surface area (Å²) in [6.07, 6.45) is 3.65. The smallest absolute Gasteiger partial charge is 0.119 e. The Labute approximate surface area is 210 Å². The molecule has 0 amide bonds. The Morgan fingerprint density at radius 1 is 0.361 bits per heavy atom. The van der Waals surface area contributed by atoms with E-state index in [4.69, 9.17) is 0 Å². The van der Waals surface area contributed by atoms with Gasteiger partial charge in [0.1, 0.15) is 11.4 Å². The molecule has 4 nitrogen and oxygen atoms in total. The molecule has 0 saturated heterocycles. The first-order valence-electron chi connectivity index (χ1n) is 11.8. The molecule has 0 saturated carbocycles. The summed E-state index contributed by atoms with van der Waals surface area (Å²) in [6, 6.07) is 41.0. The van der Waals surface area contributed by atoms with Crippen LogP contribution in [0.25, 0.3) is 56.2 Å². The molecular weight excluding hydrogens is 440 g/mol. The Balaban J connectivity index is 1.47. The lowest BCUT2D eigenvalue weighted by Gasteiger charge is -2.12. The number of aromatic nitrogens is 4. The van der Waals surface area contributed by atoms with E-state index in [0.717, 1.165) is 56.2 Å². The van der Waals surface area contributed by atoms with Crippen LogP contribution in [0.2, 0.25) is 0 Å². The largest absolute Gasteiger partial charge is 0.255 e. The SMILES string of the molecule is c1ccc(-c2ccnc(-c3cc(-c4ccccc4)c(-c4cc(-c5ccccc5)ccn4)nn3)c2)cc1. The zero-order valence-corrected chi connectivity index (χ0v) is 19.5. The van der Waals surface area contributed by atoms with Crippen molar-refractivity contribution in [3.05, 3.63) is 134 Å². The number of nitrogens with zero attached hydrogens (tertiary/aromatic N) is 4. The van der Waals surface area contributed by atoms with Crippen molar-refractivity contribution in [1.82, 2.24) is 20.2 Å². The highest BCUT2D eigenvalue weighted by Gasteiger charge is 2.15. The molecule has 0 bridgehead atoms. The molecule has 4 heteroatoms. The maximum Gasteiger partial charge on any atom is 0.119 e. The van der Waals surface area contributed by atoms with Gasteiger partial charge in [-0.25, -0.2) is 0 Å². The van der Waals surface area contributed by atoms with Crippen molar-refractivity contribution >= 4 is 0 Å². The van der Waals surface area contributed by atoms with Crippen LogP contribution in [0.5, 0.6) is 0 Å². The molecule has 0 fully saturated rings. The molecule has 0 N–H and O–H groups in total. The fourth-order valence-corrected chi connectivity index (χ4v) is 4.29. The molecule has 3 aromatic carbocycles. The van der Waals surface area contributed by atoms with Crippen LogP contribution < -0.4 is 0 Å². The van der Waals surface area contributed by atoms with Crippen LogP contribution in [-0.2, 0) is 0 Å². The molecule has 0 spiro atoms. The van der Waals surface area contributed by atoms with Crippen LogP contribution >= 0.6 is 0 Å². The molecule has 0 aliphatic carbocycles. The summed E-state index contributed by atoms with van der Waals surface area (Å²) in [6.45, 7) is 0. The van der Waals surface area contributed by atoms with Crippen LogP contribution in [0.3, 0.4) is 0 Å². The molecule has 6 aromatic rings. The van der Waals surface area contributed by atoms with Gasteiger partial charge in [0.2, 0.25) is 0 Å². The van der Waals surface area contributed by atoms with Crippen molar-refractivity contribution in [3.63, 3.8) is 0 Å². The average molecular weight is 463 g/mol. The highest BCUT2D eigenvalue weighted by molar-refractivity contribution is 5.83. The molecule has 3 aromatic heterocycles. The molecular formula is C32H22N4. The summed E-state index contributed by atoms with van der Waals surface area (Å²) in [7, 11) is 0. The Bertz CT molecular complexity index is 1620. The van der Waals surface area contributed by atoms with E-state index in [-0.39, 0.29) is 0 Å². The minimum absolute atomic E-state index is 0.717. The number of hydrogen-bond acceptors (Lipinski definition) is 4. The highest BCUT2D eigenvalue weighted by atomic mass is 15.1. The van der Waals surface area contributed by atoms with E-state index in [1.807, 2.05) is 79.1 Å². The van der Waals surface area contributed by atoms with E-state index in [9.17, 15) is 0 Å². The fraction of sp³-hybridized carbons (Fsp3) is 0. The second kappa shape index (κ2) is 9.72. The number of hydrogen-bond donors (Lipinski definition) is 0. The molecule has 0 aliphatic rings. The van der Waals surface area contributed by atoms with Gasteiger partial charge in [-0.1, -0.05) is 91.0 Å². The Hall–Kier alpha value is -4.96. The van der Waals surface area contributed by atoms with Crippen LogP contribution in [0, 0.1) is 0 Å². The van der Waals surface area contributed by atoms with Gasteiger partial charge < -0.3 is 0 Å². The summed E-state index contributed by atoms with van der Waals surface area (Å²) in [5, 5.41) is 9.28. The minimum Gasteiger partial charge on any atom is -0.255 e. The van der Waals surface area contributed by atoms with Crippen molar-refractivity contribution in [1.29, 1.82) is 0 Å². The van der Waals surface area contributed by atoms with Crippen molar-refractivity contribution < 1.29 is 0 Å². The van der Waals surface area contributed by atoms with Gasteiger partial charge in [0.25, 0.3) is 0 Å². The second-order valence-electron chi connectivity index (χ2n) is 8.45. The number of pyridine rings is 2. The maximum atomic E-state index is 4.69. The van der Waals surface area contributed by atoms with Crippen LogP contribution in [0.1, 0.15) is 0 Å². The van der Waals surface area contributed by atoms with E-state index >= 15 is 0 Å². The highest BCUT2D eigenvalue weighted by Crippen LogP contribution is 2.33. The molecule has 0 radical (unpaired) electrons. The molecule has 170 valence electrons. The lowest BCUT2D eigenvalue weighted by atomic mass is 9.99. The first kappa shape index (κ1) is 21.6. The van der Waals surface area contributed by atoms with E-state index in [2.05, 4.69) is 74.8 Å². The Kier molecular flexibility index (Phi) is 5.83. The lowest BCUT2D eigenvalue weighted by Crippen LogP contribution is -1.98. The zero-order valence-electron chi connectivity index (χ0n) is 19.5. The summed E-state index contributed by atoms with van der Waals surface area (Å²) in [5.41, 5.74) is 9.47. The Morgan fingerprint density at radius 3 is 1.44 bits per heavy atom. The standard InChI is InChI=1S/C32H22N4/c1-4-10-23(11-5-1)26-16-18-33-29(20-26)30-22-28(25-14-8-3-9-15-25)32(36-35-30)31-21-27(17-19-34-31)24-12-6-2-7-13-24/h1-22H. The van der Waals surface area contributed by atoms with Crippen molar-refractivity contribution in [2.75, 3.05) is 0 Å². The van der Waals surface area contributed by atoms with Crippen LogP contribution in [0.15, 0.2) is 134 Å². The minimum atomic E-state index is 0.717. The molecule has 36 heavy (non-hydrogen) atoms. The third kappa shape index (κ3) is 4.40. The van der Waals surface area contributed by atoms with E-state index in [1.165, 1.54) is 0 Å². The number of benzene rings is 3. The molecule has 6 rings (SSSR count). The van der Waals surface area contributed by atoms with Crippen molar-refractivity contribution in [2.45, 2.75) is 0 Å². The van der Waals surface area contributed by atoms with Gasteiger partial charge in [-0.3, -0.25) is 9.97 Å². The summed E-state index contributed by atoms with van der Waals surface area (Å²) in [4.78, 5) is 9.27. The van der Waals surface area contributed by atoms with Crippen LogP contribution in [0.4, 0.5) is 0 Å². The molecule has 0 aliphatic heterocycles. The predicted molar refractivity (Wildman–Crippen MR) is 145 cm³/mol. The second-order valence-corrected chi connectivity index (χ2v) is 8.45.